The number of carbonyl (C=O) groups is 1. The minimum Gasteiger partial charge on any atom is -0.372 e. The van der Waals surface area contributed by atoms with Gasteiger partial charge >= 0.3 is 0 Å². The van der Waals surface area contributed by atoms with Gasteiger partial charge in [-0.1, -0.05) is 30.3 Å². The van der Waals surface area contributed by atoms with Crippen molar-refractivity contribution in [3.05, 3.63) is 90.2 Å². The number of nitrogens with one attached hydrogen (secondary N) is 1. The van der Waals surface area contributed by atoms with E-state index in [1.807, 2.05) is 31.2 Å². The number of carbonyl (C=O) groups excluding carboxylic acids is 1. The van der Waals surface area contributed by atoms with Gasteiger partial charge in [-0.25, -0.2) is 12.8 Å². The molecule has 1 aliphatic rings. The van der Waals surface area contributed by atoms with E-state index in [2.05, 4.69) is 10.2 Å². The van der Waals surface area contributed by atoms with Crippen molar-refractivity contribution in [2.75, 3.05) is 28.8 Å². The number of hydrogen-bond acceptors (Lipinski definition) is 4. The number of nitrogens with zero attached hydrogens (tertiary/aromatic N) is 2. The SMILES string of the molecule is CC(NC(=O)CN(c1ccc(F)cc1)S(=O)(=O)c1ccccc1)c1ccc(N2CCCC2)cc1. The lowest BCUT2D eigenvalue weighted by Crippen LogP contribution is -2.41. The molecule has 0 radical (unpaired) electrons. The zero-order valence-corrected chi connectivity index (χ0v) is 19.8. The number of sulfonamides is 1. The highest BCUT2D eigenvalue weighted by atomic mass is 32.2. The Balaban J connectivity index is 1.50. The third-order valence-electron chi connectivity index (χ3n) is 5.97. The third kappa shape index (κ3) is 5.39. The average molecular weight is 482 g/mol. The van der Waals surface area contributed by atoms with Crippen LogP contribution in [-0.4, -0.2) is 34.0 Å². The Hall–Kier alpha value is -3.39. The lowest BCUT2D eigenvalue weighted by Gasteiger charge is -2.25. The molecule has 1 saturated heterocycles. The van der Waals surface area contributed by atoms with Crippen LogP contribution in [0.1, 0.15) is 31.4 Å². The Morgan fingerprint density at radius 3 is 2.21 bits per heavy atom. The second kappa shape index (κ2) is 10.3. The van der Waals surface area contributed by atoms with Gasteiger partial charge in [0.05, 0.1) is 16.6 Å². The number of hydrogen-bond donors (Lipinski definition) is 1. The van der Waals surface area contributed by atoms with Crippen LogP contribution in [0, 0.1) is 5.82 Å². The van der Waals surface area contributed by atoms with Gasteiger partial charge in [-0.3, -0.25) is 9.10 Å². The number of anilines is 2. The lowest BCUT2D eigenvalue weighted by molar-refractivity contribution is -0.120. The van der Waals surface area contributed by atoms with Crippen molar-refractivity contribution in [2.24, 2.45) is 0 Å². The zero-order chi connectivity index (χ0) is 24.1. The highest BCUT2D eigenvalue weighted by molar-refractivity contribution is 7.92. The van der Waals surface area contributed by atoms with Gasteiger partial charge in [-0.2, -0.15) is 0 Å². The molecule has 4 rings (SSSR count). The number of amides is 1. The molecule has 3 aromatic carbocycles. The van der Waals surface area contributed by atoms with Crippen LogP contribution in [0.15, 0.2) is 83.8 Å². The molecule has 1 aliphatic heterocycles. The second-order valence-corrected chi connectivity index (χ2v) is 10.2. The molecule has 0 aliphatic carbocycles. The molecule has 34 heavy (non-hydrogen) atoms. The summed E-state index contributed by atoms with van der Waals surface area (Å²) < 4.78 is 41.1. The van der Waals surface area contributed by atoms with Crippen LogP contribution in [0.2, 0.25) is 0 Å². The molecule has 6 nitrogen and oxygen atoms in total. The molecule has 8 heteroatoms. The zero-order valence-electron chi connectivity index (χ0n) is 19.0. The Labute approximate surface area is 200 Å². The van der Waals surface area contributed by atoms with Gasteiger partial charge in [0.1, 0.15) is 12.4 Å². The fourth-order valence-corrected chi connectivity index (χ4v) is 5.53. The molecular weight excluding hydrogens is 453 g/mol. The molecule has 178 valence electrons. The Kier molecular flexibility index (Phi) is 7.17. The first-order valence-corrected chi connectivity index (χ1v) is 12.8. The molecule has 1 amide bonds. The molecular formula is C26H28FN3O3S. The summed E-state index contributed by atoms with van der Waals surface area (Å²) in [5, 5.41) is 2.89. The lowest BCUT2D eigenvalue weighted by atomic mass is 10.1. The summed E-state index contributed by atoms with van der Waals surface area (Å²) in [6.07, 6.45) is 2.40. The van der Waals surface area contributed by atoms with E-state index in [4.69, 9.17) is 0 Å². The normalized spacial score (nSPS) is 14.6. The van der Waals surface area contributed by atoms with E-state index in [0.29, 0.717) is 0 Å². The predicted molar refractivity (Wildman–Crippen MR) is 132 cm³/mol. The first-order valence-electron chi connectivity index (χ1n) is 11.3. The Morgan fingerprint density at radius 1 is 0.971 bits per heavy atom. The van der Waals surface area contributed by atoms with Gasteiger partial charge in [0.25, 0.3) is 10.0 Å². The quantitative estimate of drug-likeness (QED) is 0.514. The van der Waals surface area contributed by atoms with Crippen molar-refractivity contribution in [1.82, 2.24) is 5.32 Å². The molecule has 0 bridgehead atoms. The molecule has 3 aromatic rings. The van der Waals surface area contributed by atoms with Gasteiger partial charge < -0.3 is 10.2 Å². The minimum absolute atomic E-state index is 0.0534. The van der Waals surface area contributed by atoms with Crippen LogP contribution in [0.4, 0.5) is 15.8 Å². The topological polar surface area (TPSA) is 69.7 Å². The minimum atomic E-state index is -4.03. The van der Waals surface area contributed by atoms with E-state index in [1.54, 1.807) is 18.2 Å². The van der Waals surface area contributed by atoms with Crippen molar-refractivity contribution in [3.8, 4) is 0 Å². The van der Waals surface area contributed by atoms with E-state index in [0.717, 1.165) is 28.6 Å². The van der Waals surface area contributed by atoms with Crippen LogP contribution < -0.4 is 14.5 Å². The monoisotopic (exact) mass is 481 g/mol. The Bertz CT molecular complexity index is 1210. The number of benzene rings is 3. The second-order valence-electron chi connectivity index (χ2n) is 8.38. The van der Waals surface area contributed by atoms with Crippen molar-refractivity contribution < 1.29 is 17.6 Å². The fraction of sp³-hybridized carbons (Fsp3) is 0.269. The third-order valence-corrected chi connectivity index (χ3v) is 7.76. The summed E-state index contributed by atoms with van der Waals surface area (Å²) in [5.41, 5.74) is 2.30. The molecule has 0 aromatic heterocycles. The van der Waals surface area contributed by atoms with Crippen LogP contribution in [0.25, 0.3) is 0 Å². The number of rotatable bonds is 8. The molecule has 1 heterocycles. The van der Waals surface area contributed by atoms with E-state index >= 15 is 0 Å². The van der Waals surface area contributed by atoms with E-state index in [9.17, 15) is 17.6 Å². The first kappa shape index (κ1) is 23.8. The average Bonchev–Trinajstić information content (AvgIpc) is 3.39. The van der Waals surface area contributed by atoms with Gasteiger partial charge in [0.15, 0.2) is 0 Å². The summed E-state index contributed by atoms with van der Waals surface area (Å²) in [7, 11) is -4.03. The van der Waals surface area contributed by atoms with Crippen LogP contribution in [0.3, 0.4) is 0 Å². The predicted octanol–water partition coefficient (Wildman–Crippen LogP) is 4.50. The molecule has 1 atom stereocenters. The molecule has 1 fully saturated rings. The standard InChI is InChI=1S/C26H28FN3O3S/c1-20(21-9-13-23(14-10-21)29-17-5-6-18-29)28-26(31)19-30(24-15-11-22(27)12-16-24)34(32,33)25-7-3-2-4-8-25/h2-4,7-16,20H,5-6,17-19H2,1H3,(H,28,31). The van der Waals surface area contributed by atoms with E-state index in [-0.39, 0.29) is 16.6 Å². The smallest absolute Gasteiger partial charge is 0.264 e. The van der Waals surface area contributed by atoms with Crippen LogP contribution >= 0.6 is 0 Å². The molecule has 0 saturated carbocycles. The van der Waals surface area contributed by atoms with Crippen LogP contribution in [0.5, 0.6) is 0 Å². The molecule has 1 N–H and O–H groups in total. The molecule has 1 unspecified atom stereocenters. The highest BCUT2D eigenvalue weighted by Gasteiger charge is 2.27. The largest absolute Gasteiger partial charge is 0.372 e. The summed E-state index contributed by atoms with van der Waals surface area (Å²) in [4.78, 5) is 15.3. The maximum atomic E-state index is 13.5. The summed E-state index contributed by atoms with van der Waals surface area (Å²) in [6, 6.07) is 20.7. The fourth-order valence-electron chi connectivity index (χ4n) is 4.09. The van der Waals surface area contributed by atoms with Gasteiger partial charge in [0, 0.05) is 18.8 Å². The van der Waals surface area contributed by atoms with Crippen molar-refractivity contribution in [1.29, 1.82) is 0 Å². The van der Waals surface area contributed by atoms with Crippen molar-refractivity contribution >= 4 is 27.3 Å². The number of halogens is 1. The van der Waals surface area contributed by atoms with Gasteiger partial charge in [-0.15, -0.1) is 0 Å². The van der Waals surface area contributed by atoms with E-state index in [1.165, 1.54) is 49.2 Å². The highest BCUT2D eigenvalue weighted by Crippen LogP contribution is 2.25. The van der Waals surface area contributed by atoms with Gasteiger partial charge in [-0.05, 0) is 73.9 Å². The van der Waals surface area contributed by atoms with Crippen LogP contribution in [-0.2, 0) is 14.8 Å². The van der Waals surface area contributed by atoms with Crippen molar-refractivity contribution in [2.45, 2.75) is 30.7 Å². The summed E-state index contributed by atoms with van der Waals surface area (Å²) in [6.45, 7) is 3.54. The first-order chi connectivity index (χ1) is 16.3. The van der Waals surface area contributed by atoms with Gasteiger partial charge in [0.2, 0.25) is 5.91 Å². The maximum Gasteiger partial charge on any atom is 0.264 e. The maximum absolute atomic E-state index is 13.5. The Morgan fingerprint density at radius 2 is 1.59 bits per heavy atom. The van der Waals surface area contributed by atoms with Crippen molar-refractivity contribution in [3.63, 3.8) is 0 Å². The summed E-state index contributed by atoms with van der Waals surface area (Å²) in [5.74, 6) is -0.948. The van der Waals surface area contributed by atoms with E-state index < -0.39 is 28.3 Å². The molecule has 0 spiro atoms. The summed E-state index contributed by atoms with van der Waals surface area (Å²) >= 11 is 0.